The molecule has 0 spiro atoms. The Hall–Kier alpha value is -4.25. The summed E-state index contributed by atoms with van der Waals surface area (Å²) in [5.41, 5.74) is -0.875. The summed E-state index contributed by atoms with van der Waals surface area (Å²) in [4.78, 5) is 53.3. The Morgan fingerprint density at radius 2 is 1.57 bits per heavy atom. The molecule has 3 aromatic rings. The van der Waals surface area contributed by atoms with Gasteiger partial charge >= 0.3 is 0 Å². The zero-order valence-corrected chi connectivity index (χ0v) is 19.3. The molecular weight excluding hydrogens is 526 g/mol. The lowest BCUT2D eigenvalue weighted by molar-refractivity contribution is -0.118. The quantitative estimate of drug-likeness (QED) is 0.128. The van der Waals surface area contributed by atoms with E-state index in [1.807, 2.05) is 0 Å². The second-order valence-electron chi connectivity index (χ2n) is 7.36. The van der Waals surface area contributed by atoms with E-state index in [0.717, 1.165) is 34.3 Å². The summed E-state index contributed by atoms with van der Waals surface area (Å²) in [6.45, 7) is -0.702. The third kappa shape index (κ3) is 4.33. The van der Waals surface area contributed by atoms with Crippen LogP contribution in [0.25, 0.3) is 0 Å². The molecule has 2 N–H and O–H groups in total. The van der Waals surface area contributed by atoms with Gasteiger partial charge in [-0.1, -0.05) is 34.1 Å². The fourth-order valence-electron chi connectivity index (χ4n) is 3.67. The van der Waals surface area contributed by atoms with Crippen LogP contribution in [0.15, 0.2) is 70.2 Å². The Morgan fingerprint density at radius 3 is 2.14 bits per heavy atom. The minimum atomic E-state index is -1.08. The van der Waals surface area contributed by atoms with E-state index in [1.54, 1.807) is 12.1 Å². The van der Waals surface area contributed by atoms with Gasteiger partial charge in [-0.3, -0.25) is 29.0 Å². The Bertz CT molecular complexity index is 1370. The van der Waals surface area contributed by atoms with Crippen LogP contribution in [0, 0.1) is 11.6 Å². The minimum absolute atomic E-state index is 0.122. The maximum atomic E-state index is 14.3. The van der Waals surface area contributed by atoms with Gasteiger partial charge in [0.2, 0.25) is 5.78 Å². The highest BCUT2D eigenvalue weighted by atomic mass is 79.9. The van der Waals surface area contributed by atoms with Crippen molar-refractivity contribution in [1.82, 2.24) is 4.90 Å². The number of benzene rings is 3. The molecule has 0 atom stereocenters. The van der Waals surface area contributed by atoms with Crippen LogP contribution in [0.2, 0.25) is 0 Å². The van der Waals surface area contributed by atoms with E-state index < -0.39 is 47.2 Å². The molecule has 3 aromatic carbocycles. The van der Waals surface area contributed by atoms with Gasteiger partial charge in [0.05, 0.1) is 22.4 Å². The number of carbonyl (C=O) groups excluding carboxylic acids is 4. The number of carbonyl (C=O) groups is 4. The van der Waals surface area contributed by atoms with Crippen LogP contribution in [0.3, 0.4) is 0 Å². The number of hydrogen-bond acceptors (Lipinski definition) is 6. The standard InChI is InChI=1S/C24H15BrF2N4O4/c25-13-8-9-16(22(33)21-17(26)6-3-7-18(21)27)19(10-13)31(12-29-28)20(32)11-30-23(34)14-4-1-2-5-15(14)24(30)35/h1-10,12H,11,28H2. The van der Waals surface area contributed by atoms with Crippen molar-refractivity contribution in [2.24, 2.45) is 10.9 Å². The van der Waals surface area contributed by atoms with Crippen LogP contribution < -0.4 is 10.7 Å². The van der Waals surface area contributed by atoms with Gasteiger partial charge in [-0.15, -0.1) is 0 Å². The van der Waals surface area contributed by atoms with Gasteiger partial charge < -0.3 is 5.84 Å². The van der Waals surface area contributed by atoms with Crippen molar-refractivity contribution in [2.45, 2.75) is 0 Å². The Labute approximate surface area is 205 Å². The normalized spacial score (nSPS) is 12.8. The highest BCUT2D eigenvalue weighted by Gasteiger charge is 2.37. The number of imide groups is 1. The maximum Gasteiger partial charge on any atom is 0.262 e. The van der Waals surface area contributed by atoms with Gasteiger partial charge in [-0.25, -0.2) is 8.78 Å². The molecule has 0 fully saturated rings. The molecular formula is C24H15BrF2N4O4. The maximum absolute atomic E-state index is 14.3. The summed E-state index contributed by atoms with van der Waals surface area (Å²) in [5.74, 6) is -0.111. The molecule has 0 saturated carbocycles. The molecule has 0 aromatic heterocycles. The first-order chi connectivity index (χ1) is 16.7. The van der Waals surface area contributed by atoms with E-state index >= 15 is 0 Å². The Balaban J connectivity index is 1.73. The molecule has 11 heteroatoms. The van der Waals surface area contributed by atoms with Gasteiger partial charge in [0.1, 0.15) is 24.5 Å². The molecule has 0 unspecified atom stereocenters. The second kappa shape index (κ2) is 9.55. The molecule has 0 radical (unpaired) electrons. The third-order valence-corrected chi connectivity index (χ3v) is 5.77. The van der Waals surface area contributed by atoms with Crippen molar-refractivity contribution in [3.8, 4) is 0 Å². The molecule has 0 bridgehead atoms. The highest BCUT2D eigenvalue weighted by molar-refractivity contribution is 9.10. The molecule has 176 valence electrons. The molecule has 1 aliphatic heterocycles. The van der Waals surface area contributed by atoms with Crippen molar-refractivity contribution >= 4 is 51.5 Å². The summed E-state index contributed by atoms with van der Waals surface area (Å²) in [6, 6.07) is 13.1. The number of hydrogen-bond donors (Lipinski definition) is 1. The van der Waals surface area contributed by atoms with Gasteiger partial charge in [-0.2, -0.15) is 5.10 Å². The first-order valence-corrected chi connectivity index (χ1v) is 10.8. The first-order valence-electron chi connectivity index (χ1n) is 10.0. The fourth-order valence-corrected chi connectivity index (χ4v) is 4.02. The average Bonchev–Trinajstić information content (AvgIpc) is 3.07. The van der Waals surface area contributed by atoms with Crippen molar-refractivity contribution < 1.29 is 28.0 Å². The van der Waals surface area contributed by atoms with E-state index in [4.69, 9.17) is 5.84 Å². The topological polar surface area (TPSA) is 113 Å². The van der Waals surface area contributed by atoms with Crippen LogP contribution >= 0.6 is 15.9 Å². The van der Waals surface area contributed by atoms with Crippen molar-refractivity contribution in [3.63, 3.8) is 0 Å². The fraction of sp³-hybridized carbons (Fsp3) is 0.0417. The zero-order chi connectivity index (χ0) is 25.3. The average molecular weight is 541 g/mol. The monoisotopic (exact) mass is 540 g/mol. The lowest BCUT2D eigenvalue weighted by atomic mass is 10.00. The molecule has 0 saturated heterocycles. The summed E-state index contributed by atoms with van der Waals surface area (Å²) in [5, 5.41) is 3.34. The van der Waals surface area contributed by atoms with E-state index in [1.165, 1.54) is 30.3 Å². The number of fused-ring (bicyclic) bond motifs is 1. The second-order valence-corrected chi connectivity index (χ2v) is 8.27. The number of halogens is 3. The number of nitrogens with zero attached hydrogens (tertiary/aromatic N) is 3. The largest absolute Gasteiger partial charge is 0.322 e. The molecule has 0 aliphatic carbocycles. The summed E-state index contributed by atoms with van der Waals surface area (Å²) >= 11 is 3.23. The van der Waals surface area contributed by atoms with Gasteiger partial charge in [-0.05, 0) is 42.5 Å². The van der Waals surface area contributed by atoms with Crippen LogP contribution in [0.4, 0.5) is 14.5 Å². The summed E-state index contributed by atoms with van der Waals surface area (Å²) < 4.78 is 29.0. The number of amides is 3. The number of nitrogens with two attached hydrogens (primary N) is 1. The van der Waals surface area contributed by atoms with E-state index in [2.05, 4.69) is 21.0 Å². The van der Waals surface area contributed by atoms with Gasteiger partial charge in [0, 0.05) is 10.0 Å². The molecule has 1 heterocycles. The number of rotatable bonds is 6. The molecule has 1 aliphatic rings. The number of anilines is 1. The number of ketones is 1. The van der Waals surface area contributed by atoms with Crippen LogP contribution in [0.5, 0.6) is 0 Å². The third-order valence-electron chi connectivity index (χ3n) is 5.28. The molecule has 35 heavy (non-hydrogen) atoms. The molecule has 8 nitrogen and oxygen atoms in total. The Kier molecular flexibility index (Phi) is 6.52. The van der Waals surface area contributed by atoms with Crippen LogP contribution in [0.1, 0.15) is 36.6 Å². The van der Waals surface area contributed by atoms with Crippen molar-refractivity contribution in [2.75, 3.05) is 11.4 Å². The van der Waals surface area contributed by atoms with Gasteiger partial charge in [0.25, 0.3) is 17.7 Å². The Morgan fingerprint density at radius 1 is 0.971 bits per heavy atom. The van der Waals surface area contributed by atoms with Gasteiger partial charge in [0.15, 0.2) is 0 Å². The lowest BCUT2D eigenvalue weighted by Crippen LogP contribution is -2.43. The predicted octanol–water partition coefficient (Wildman–Crippen LogP) is 3.49. The molecule has 3 amide bonds. The predicted molar refractivity (Wildman–Crippen MR) is 126 cm³/mol. The smallest absolute Gasteiger partial charge is 0.262 e. The van der Waals surface area contributed by atoms with Crippen molar-refractivity contribution in [1.29, 1.82) is 0 Å². The minimum Gasteiger partial charge on any atom is -0.322 e. The zero-order valence-electron chi connectivity index (χ0n) is 17.7. The van der Waals surface area contributed by atoms with Crippen LogP contribution in [-0.4, -0.2) is 41.3 Å². The van der Waals surface area contributed by atoms with E-state index in [9.17, 15) is 28.0 Å². The SMILES string of the molecule is NN=CN(C(=O)CN1C(=O)c2ccccc2C1=O)c1cc(Br)ccc1C(=O)c1c(F)cccc1F. The van der Waals surface area contributed by atoms with Crippen LogP contribution in [-0.2, 0) is 4.79 Å². The van der Waals surface area contributed by atoms with E-state index in [0.29, 0.717) is 4.47 Å². The number of hydrazone groups is 1. The van der Waals surface area contributed by atoms with Crippen molar-refractivity contribution in [3.05, 3.63) is 99.0 Å². The lowest BCUT2D eigenvalue weighted by Gasteiger charge is -2.23. The van der Waals surface area contributed by atoms with E-state index in [-0.39, 0.29) is 22.4 Å². The molecule has 4 rings (SSSR count). The summed E-state index contributed by atoms with van der Waals surface area (Å²) in [6.07, 6.45) is 0.872. The first kappa shape index (κ1) is 23.9. The highest BCUT2D eigenvalue weighted by Crippen LogP contribution is 2.29. The summed E-state index contributed by atoms with van der Waals surface area (Å²) in [7, 11) is 0.